The van der Waals surface area contributed by atoms with Gasteiger partial charge in [0.2, 0.25) is 0 Å². The lowest BCUT2D eigenvalue weighted by Crippen LogP contribution is -2.19. The van der Waals surface area contributed by atoms with Crippen LogP contribution in [-0.4, -0.2) is 29.0 Å². The minimum absolute atomic E-state index is 0.100. The molecule has 0 atom stereocenters. The van der Waals surface area contributed by atoms with Crippen molar-refractivity contribution in [3.05, 3.63) is 59.2 Å². The van der Waals surface area contributed by atoms with Gasteiger partial charge in [0.25, 0.3) is 5.91 Å². The number of nitrogens with zero attached hydrogens (tertiary/aromatic N) is 1. The third-order valence-corrected chi connectivity index (χ3v) is 5.22. The summed E-state index contributed by atoms with van der Waals surface area (Å²) in [5.41, 5.74) is 7.55. The molecule has 2 aliphatic rings. The van der Waals surface area contributed by atoms with Crippen molar-refractivity contribution in [2.75, 3.05) is 23.8 Å². The Bertz CT molecular complexity index is 1140. The maximum absolute atomic E-state index is 12.5. The molecule has 0 saturated carbocycles. The molecule has 140 valence electrons. The molecule has 0 unspecified atom stereocenters. The molecule has 3 heterocycles. The molecular formula is C22H20N4O2. The van der Waals surface area contributed by atoms with E-state index in [2.05, 4.69) is 39.7 Å². The molecule has 0 fully saturated rings. The summed E-state index contributed by atoms with van der Waals surface area (Å²) in [5, 5.41) is 6.37. The number of carbonyl (C=O) groups excluding carboxylic acids is 1. The third kappa shape index (κ3) is 2.65. The molecule has 28 heavy (non-hydrogen) atoms. The quantitative estimate of drug-likeness (QED) is 0.594. The minimum Gasteiger partial charge on any atom is -0.490 e. The van der Waals surface area contributed by atoms with E-state index in [1.165, 1.54) is 0 Å². The normalized spacial score (nSPS) is 16.2. The van der Waals surface area contributed by atoms with E-state index < -0.39 is 0 Å². The van der Waals surface area contributed by atoms with Gasteiger partial charge >= 0.3 is 0 Å². The summed E-state index contributed by atoms with van der Waals surface area (Å²) in [4.78, 5) is 19.9. The Hall–Kier alpha value is -3.54. The number of aromatic amines is 1. The van der Waals surface area contributed by atoms with E-state index in [4.69, 9.17) is 4.74 Å². The zero-order chi connectivity index (χ0) is 19.3. The average molecular weight is 372 g/mol. The Morgan fingerprint density at radius 1 is 1.14 bits per heavy atom. The van der Waals surface area contributed by atoms with E-state index in [9.17, 15) is 4.79 Å². The number of fused-ring (bicyclic) bond motifs is 2. The van der Waals surface area contributed by atoms with Crippen molar-refractivity contribution in [1.29, 1.82) is 0 Å². The van der Waals surface area contributed by atoms with Gasteiger partial charge < -0.3 is 20.4 Å². The summed E-state index contributed by atoms with van der Waals surface area (Å²) in [5.74, 6) is 1.61. The molecule has 2 aromatic carbocycles. The SMILES string of the molecule is Cc1ncc(C=C2C(=O)Nc3ccc(-c4ccc5c(c4C)NCCO5)cc32)[nH]1. The van der Waals surface area contributed by atoms with Crippen LogP contribution in [0.15, 0.2) is 36.5 Å². The molecular weight excluding hydrogens is 352 g/mol. The van der Waals surface area contributed by atoms with Gasteiger partial charge in [-0.05, 0) is 54.8 Å². The Labute approximate surface area is 162 Å². The zero-order valence-corrected chi connectivity index (χ0v) is 15.7. The lowest BCUT2D eigenvalue weighted by atomic mass is 9.95. The van der Waals surface area contributed by atoms with Crippen LogP contribution in [0.25, 0.3) is 22.8 Å². The van der Waals surface area contributed by atoms with Crippen LogP contribution in [0.1, 0.15) is 22.6 Å². The number of hydrogen-bond donors (Lipinski definition) is 3. The third-order valence-electron chi connectivity index (χ3n) is 5.22. The van der Waals surface area contributed by atoms with Gasteiger partial charge in [-0.15, -0.1) is 0 Å². The highest BCUT2D eigenvalue weighted by molar-refractivity contribution is 6.35. The van der Waals surface area contributed by atoms with Crippen molar-refractivity contribution < 1.29 is 9.53 Å². The second-order valence-electron chi connectivity index (χ2n) is 7.08. The van der Waals surface area contributed by atoms with Gasteiger partial charge in [0.1, 0.15) is 18.2 Å². The molecule has 0 saturated heterocycles. The van der Waals surface area contributed by atoms with Crippen molar-refractivity contribution in [1.82, 2.24) is 9.97 Å². The predicted octanol–water partition coefficient (Wildman–Crippen LogP) is 3.99. The van der Waals surface area contributed by atoms with Crippen molar-refractivity contribution in [2.45, 2.75) is 13.8 Å². The molecule has 1 aromatic heterocycles. The number of aryl methyl sites for hydroxylation is 1. The molecule has 1 amide bonds. The van der Waals surface area contributed by atoms with Gasteiger partial charge in [0.05, 0.1) is 23.2 Å². The lowest BCUT2D eigenvalue weighted by molar-refractivity contribution is -0.110. The van der Waals surface area contributed by atoms with Crippen molar-refractivity contribution >= 4 is 28.9 Å². The van der Waals surface area contributed by atoms with Crippen LogP contribution in [-0.2, 0) is 4.79 Å². The maximum atomic E-state index is 12.5. The first kappa shape index (κ1) is 16.6. The van der Waals surface area contributed by atoms with Gasteiger partial charge in [0.15, 0.2) is 0 Å². The Kier molecular flexibility index (Phi) is 3.72. The van der Waals surface area contributed by atoms with Crippen molar-refractivity contribution in [3.8, 4) is 16.9 Å². The van der Waals surface area contributed by atoms with Crippen LogP contribution in [0, 0.1) is 13.8 Å². The molecule has 3 aromatic rings. The molecule has 2 aliphatic heterocycles. The van der Waals surface area contributed by atoms with Crippen LogP contribution in [0.5, 0.6) is 5.75 Å². The Morgan fingerprint density at radius 3 is 2.86 bits per heavy atom. The first-order valence-corrected chi connectivity index (χ1v) is 9.30. The number of nitrogens with one attached hydrogen (secondary N) is 3. The van der Waals surface area contributed by atoms with Crippen LogP contribution in [0.4, 0.5) is 11.4 Å². The smallest absolute Gasteiger partial charge is 0.256 e. The van der Waals surface area contributed by atoms with Gasteiger partial charge in [0, 0.05) is 17.8 Å². The van der Waals surface area contributed by atoms with Crippen LogP contribution in [0.2, 0.25) is 0 Å². The summed E-state index contributed by atoms with van der Waals surface area (Å²) in [6.45, 7) is 5.46. The number of anilines is 2. The molecule has 6 nitrogen and oxygen atoms in total. The van der Waals surface area contributed by atoms with Gasteiger partial charge in [-0.1, -0.05) is 12.1 Å². The number of imidazole rings is 1. The highest BCUT2D eigenvalue weighted by Gasteiger charge is 2.25. The molecule has 3 N–H and O–H groups in total. The van der Waals surface area contributed by atoms with E-state index in [1.807, 2.05) is 31.2 Å². The van der Waals surface area contributed by atoms with E-state index in [1.54, 1.807) is 6.20 Å². The fourth-order valence-electron chi connectivity index (χ4n) is 3.84. The highest BCUT2D eigenvalue weighted by Crippen LogP contribution is 2.40. The number of ether oxygens (including phenoxy) is 1. The standard InChI is InChI=1S/C22H20N4O2/c1-12-16(4-6-20-21(12)23-7-8-28-20)14-3-5-19-17(9-14)18(22(27)26-19)10-15-11-24-13(2)25-15/h3-6,9-11,23H,7-8H2,1-2H3,(H,24,25)(H,26,27). The fourth-order valence-corrected chi connectivity index (χ4v) is 3.84. The maximum Gasteiger partial charge on any atom is 0.256 e. The van der Waals surface area contributed by atoms with Crippen LogP contribution >= 0.6 is 0 Å². The monoisotopic (exact) mass is 372 g/mol. The number of benzene rings is 2. The number of H-pyrrole nitrogens is 1. The number of amides is 1. The first-order chi connectivity index (χ1) is 13.6. The van der Waals surface area contributed by atoms with Gasteiger partial charge in [-0.3, -0.25) is 4.79 Å². The lowest BCUT2D eigenvalue weighted by Gasteiger charge is -2.22. The summed E-state index contributed by atoms with van der Waals surface area (Å²) >= 11 is 0. The van der Waals surface area contributed by atoms with E-state index in [-0.39, 0.29) is 5.91 Å². The number of hydrogen-bond acceptors (Lipinski definition) is 4. The Morgan fingerprint density at radius 2 is 2.04 bits per heavy atom. The largest absolute Gasteiger partial charge is 0.490 e. The molecule has 0 spiro atoms. The highest BCUT2D eigenvalue weighted by atomic mass is 16.5. The number of carbonyl (C=O) groups is 1. The molecule has 6 heteroatoms. The average Bonchev–Trinajstić information content (AvgIpc) is 3.25. The van der Waals surface area contributed by atoms with Gasteiger partial charge in [-0.2, -0.15) is 0 Å². The molecule has 0 bridgehead atoms. The first-order valence-electron chi connectivity index (χ1n) is 9.30. The summed E-state index contributed by atoms with van der Waals surface area (Å²) in [7, 11) is 0. The van der Waals surface area contributed by atoms with Crippen molar-refractivity contribution in [2.24, 2.45) is 0 Å². The molecule has 0 radical (unpaired) electrons. The fraction of sp³-hybridized carbons (Fsp3) is 0.182. The second-order valence-corrected chi connectivity index (χ2v) is 7.08. The van der Waals surface area contributed by atoms with Crippen LogP contribution < -0.4 is 15.4 Å². The Balaban J connectivity index is 1.60. The van der Waals surface area contributed by atoms with Crippen LogP contribution in [0.3, 0.4) is 0 Å². The zero-order valence-electron chi connectivity index (χ0n) is 15.7. The number of aromatic nitrogens is 2. The molecule has 5 rings (SSSR count). The summed E-state index contributed by atoms with van der Waals surface area (Å²) in [6.07, 6.45) is 3.58. The predicted molar refractivity (Wildman–Crippen MR) is 110 cm³/mol. The van der Waals surface area contributed by atoms with Gasteiger partial charge in [-0.25, -0.2) is 4.98 Å². The topological polar surface area (TPSA) is 79.0 Å². The van der Waals surface area contributed by atoms with Crippen molar-refractivity contribution in [3.63, 3.8) is 0 Å². The number of rotatable bonds is 2. The van der Waals surface area contributed by atoms with E-state index in [0.717, 1.165) is 57.4 Å². The van der Waals surface area contributed by atoms with E-state index >= 15 is 0 Å². The minimum atomic E-state index is -0.100. The summed E-state index contributed by atoms with van der Waals surface area (Å²) in [6, 6.07) is 10.2. The summed E-state index contributed by atoms with van der Waals surface area (Å²) < 4.78 is 5.73. The second kappa shape index (κ2) is 6.27. The van der Waals surface area contributed by atoms with E-state index in [0.29, 0.717) is 12.2 Å². The molecule has 0 aliphatic carbocycles.